The summed E-state index contributed by atoms with van der Waals surface area (Å²) in [6.07, 6.45) is 3.86. The van der Waals surface area contributed by atoms with Crippen LogP contribution >= 0.6 is 0 Å². The highest BCUT2D eigenvalue weighted by Crippen LogP contribution is 2.32. The summed E-state index contributed by atoms with van der Waals surface area (Å²) >= 11 is 0. The lowest BCUT2D eigenvalue weighted by molar-refractivity contribution is -0.132. The molecular weight excluding hydrogens is 216 g/mol. The molecule has 1 fully saturated rings. The van der Waals surface area contributed by atoms with E-state index in [0.717, 1.165) is 38.8 Å². The SMILES string of the molecule is CCC(O)CCNC(=O)C1(CC)CCNCC1. The molecule has 100 valence electrons. The van der Waals surface area contributed by atoms with Crippen molar-refractivity contribution < 1.29 is 9.90 Å². The second-order valence-corrected chi connectivity index (χ2v) is 4.99. The number of hydrogen-bond donors (Lipinski definition) is 3. The summed E-state index contributed by atoms with van der Waals surface area (Å²) in [6, 6.07) is 0. The van der Waals surface area contributed by atoms with Crippen LogP contribution in [0, 0.1) is 5.41 Å². The van der Waals surface area contributed by atoms with Gasteiger partial charge in [0.25, 0.3) is 0 Å². The maximum atomic E-state index is 12.2. The quantitative estimate of drug-likeness (QED) is 0.652. The zero-order valence-electron chi connectivity index (χ0n) is 11.1. The van der Waals surface area contributed by atoms with E-state index in [9.17, 15) is 9.90 Å². The summed E-state index contributed by atoms with van der Waals surface area (Å²) in [4.78, 5) is 12.2. The Morgan fingerprint density at radius 1 is 1.41 bits per heavy atom. The van der Waals surface area contributed by atoms with E-state index in [1.165, 1.54) is 0 Å². The van der Waals surface area contributed by atoms with Gasteiger partial charge in [0.15, 0.2) is 0 Å². The van der Waals surface area contributed by atoms with Crippen molar-refractivity contribution in [3.05, 3.63) is 0 Å². The number of carbonyl (C=O) groups excluding carboxylic acids is 1. The molecule has 0 aromatic carbocycles. The lowest BCUT2D eigenvalue weighted by atomic mass is 9.76. The number of carbonyl (C=O) groups is 1. The summed E-state index contributed by atoms with van der Waals surface area (Å²) in [5, 5.41) is 15.7. The molecule has 1 saturated heterocycles. The molecule has 4 nitrogen and oxygen atoms in total. The van der Waals surface area contributed by atoms with E-state index in [1.807, 2.05) is 6.92 Å². The highest BCUT2D eigenvalue weighted by molar-refractivity contribution is 5.82. The van der Waals surface area contributed by atoms with Crippen molar-refractivity contribution >= 4 is 5.91 Å². The van der Waals surface area contributed by atoms with Crippen molar-refractivity contribution in [3.8, 4) is 0 Å². The van der Waals surface area contributed by atoms with E-state index in [-0.39, 0.29) is 17.4 Å². The third kappa shape index (κ3) is 3.96. The van der Waals surface area contributed by atoms with Crippen molar-refractivity contribution in [2.75, 3.05) is 19.6 Å². The van der Waals surface area contributed by atoms with Gasteiger partial charge >= 0.3 is 0 Å². The number of aliphatic hydroxyl groups excluding tert-OH is 1. The molecule has 1 unspecified atom stereocenters. The van der Waals surface area contributed by atoms with E-state index >= 15 is 0 Å². The van der Waals surface area contributed by atoms with Crippen LogP contribution in [0.4, 0.5) is 0 Å². The minimum atomic E-state index is -0.291. The predicted molar refractivity (Wildman–Crippen MR) is 68.8 cm³/mol. The van der Waals surface area contributed by atoms with Crippen molar-refractivity contribution in [3.63, 3.8) is 0 Å². The van der Waals surface area contributed by atoms with Gasteiger partial charge in [0.2, 0.25) is 5.91 Å². The number of hydrogen-bond acceptors (Lipinski definition) is 3. The third-order valence-corrected chi connectivity index (χ3v) is 3.95. The topological polar surface area (TPSA) is 61.4 Å². The Labute approximate surface area is 104 Å². The van der Waals surface area contributed by atoms with Crippen LogP contribution in [0.2, 0.25) is 0 Å². The lowest BCUT2D eigenvalue weighted by Gasteiger charge is -2.35. The summed E-state index contributed by atoms with van der Waals surface area (Å²) < 4.78 is 0. The Morgan fingerprint density at radius 3 is 2.59 bits per heavy atom. The van der Waals surface area contributed by atoms with Crippen LogP contribution in [0.5, 0.6) is 0 Å². The average molecular weight is 242 g/mol. The fraction of sp³-hybridized carbons (Fsp3) is 0.923. The highest BCUT2D eigenvalue weighted by atomic mass is 16.3. The maximum Gasteiger partial charge on any atom is 0.226 e. The molecule has 4 heteroatoms. The van der Waals surface area contributed by atoms with Crippen LogP contribution < -0.4 is 10.6 Å². The van der Waals surface area contributed by atoms with E-state index in [0.29, 0.717) is 13.0 Å². The Morgan fingerprint density at radius 2 is 2.06 bits per heavy atom. The van der Waals surface area contributed by atoms with Gasteiger partial charge in [0.05, 0.1) is 11.5 Å². The largest absolute Gasteiger partial charge is 0.393 e. The van der Waals surface area contributed by atoms with Crippen molar-refractivity contribution in [1.29, 1.82) is 0 Å². The molecule has 1 aliphatic rings. The molecule has 0 aliphatic carbocycles. The van der Waals surface area contributed by atoms with Crippen LogP contribution in [0.3, 0.4) is 0 Å². The van der Waals surface area contributed by atoms with Gasteiger partial charge in [-0.2, -0.15) is 0 Å². The van der Waals surface area contributed by atoms with Gasteiger partial charge < -0.3 is 15.7 Å². The third-order valence-electron chi connectivity index (χ3n) is 3.95. The predicted octanol–water partition coefficient (Wildman–Crippen LogP) is 1.04. The molecular formula is C13H26N2O2. The monoisotopic (exact) mass is 242 g/mol. The fourth-order valence-electron chi connectivity index (χ4n) is 2.39. The molecule has 3 N–H and O–H groups in total. The zero-order chi connectivity index (χ0) is 12.7. The highest BCUT2D eigenvalue weighted by Gasteiger charge is 2.37. The Balaban J connectivity index is 2.38. The first-order valence-corrected chi connectivity index (χ1v) is 6.81. The van der Waals surface area contributed by atoms with Gasteiger partial charge in [-0.25, -0.2) is 0 Å². The molecule has 0 bridgehead atoms. The molecule has 0 aromatic heterocycles. The van der Waals surface area contributed by atoms with Crippen LogP contribution in [-0.2, 0) is 4.79 Å². The second-order valence-electron chi connectivity index (χ2n) is 4.99. The molecule has 1 atom stereocenters. The van der Waals surface area contributed by atoms with E-state index in [1.54, 1.807) is 0 Å². The molecule has 1 heterocycles. The minimum absolute atomic E-state index is 0.171. The molecule has 0 spiro atoms. The van der Waals surface area contributed by atoms with Gasteiger partial charge in [-0.3, -0.25) is 4.79 Å². The first-order valence-electron chi connectivity index (χ1n) is 6.81. The van der Waals surface area contributed by atoms with Crippen molar-refractivity contribution in [2.24, 2.45) is 5.41 Å². The van der Waals surface area contributed by atoms with Gasteiger partial charge in [0.1, 0.15) is 0 Å². The Kier molecular flexibility index (Phi) is 5.92. The average Bonchev–Trinajstić information content (AvgIpc) is 2.39. The zero-order valence-corrected chi connectivity index (χ0v) is 11.1. The lowest BCUT2D eigenvalue weighted by Crippen LogP contribution is -2.47. The molecule has 1 amide bonds. The van der Waals surface area contributed by atoms with Crippen molar-refractivity contribution in [2.45, 2.75) is 52.1 Å². The summed E-state index contributed by atoms with van der Waals surface area (Å²) in [5.74, 6) is 0.171. The molecule has 1 aliphatic heterocycles. The molecule has 0 saturated carbocycles. The molecule has 0 radical (unpaired) electrons. The standard InChI is InChI=1S/C13H26N2O2/c1-3-11(16)5-8-15-12(17)13(4-2)6-9-14-10-7-13/h11,14,16H,3-10H2,1-2H3,(H,15,17). The van der Waals surface area contributed by atoms with Crippen molar-refractivity contribution in [1.82, 2.24) is 10.6 Å². The number of amides is 1. The number of piperidine rings is 1. The number of rotatable bonds is 6. The van der Waals surface area contributed by atoms with E-state index in [4.69, 9.17) is 0 Å². The summed E-state index contributed by atoms with van der Waals surface area (Å²) in [6.45, 7) is 6.49. The number of aliphatic hydroxyl groups is 1. The second kappa shape index (κ2) is 6.97. The normalized spacial score (nSPS) is 20.9. The molecule has 17 heavy (non-hydrogen) atoms. The fourth-order valence-corrected chi connectivity index (χ4v) is 2.39. The summed E-state index contributed by atoms with van der Waals surface area (Å²) in [7, 11) is 0. The van der Waals surface area contributed by atoms with Gasteiger partial charge in [0, 0.05) is 6.54 Å². The first kappa shape index (κ1) is 14.5. The van der Waals surface area contributed by atoms with Crippen LogP contribution in [0.1, 0.15) is 46.0 Å². The van der Waals surface area contributed by atoms with Gasteiger partial charge in [-0.05, 0) is 45.2 Å². The van der Waals surface area contributed by atoms with Crippen LogP contribution in [0.15, 0.2) is 0 Å². The Bertz CT molecular complexity index is 238. The Hall–Kier alpha value is -0.610. The first-order chi connectivity index (χ1) is 8.14. The van der Waals surface area contributed by atoms with E-state index in [2.05, 4.69) is 17.6 Å². The molecule has 0 aromatic rings. The summed E-state index contributed by atoms with van der Waals surface area (Å²) in [5.41, 5.74) is -0.178. The molecule has 1 rings (SSSR count). The number of nitrogens with one attached hydrogen (secondary N) is 2. The maximum absolute atomic E-state index is 12.2. The van der Waals surface area contributed by atoms with E-state index < -0.39 is 0 Å². The minimum Gasteiger partial charge on any atom is -0.393 e. The smallest absolute Gasteiger partial charge is 0.226 e. The van der Waals surface area contributed by atoms with Gasteiger partial charge in [-0.15, -0.1) is 0 Å². The van der Waals surface area contributed by atoms with Gasteiger partial charge in [-0.1, -0.05) is 13.8 Å². The van der Waals surface area contributed by atoms with Crippen LogP contribution in [-0.4, -0.2) is 36.8 Å². The van der Waals surface area contributed by atoms with Crippen LogP contribution in [0.25, 0.3) is 0 Å².